The Balaban J connectivity index is 1.71. The number of nitrogens with one attached hydrogen (secondary N) is 2. The van der Waals surface area contributed by atoms with Crippen molar-refractivity contribution in [1.82, 2.24) is 14.8 Å². The van der Waals surface area contributed by atoms with E-state index in [1.165, 1.54) is 11.3 Å². The van der Waals surface area contributed by atoms with Crippen molar-refractivity contribution in [3.05, 3.63) is 67.7 Å². The standard InChI is InChI=1S/C18H12Cl2N4OS2/c1-9-2-5-11(6-3-9)24-17(22-23-18(24)26)21-16(25)15-14(20)12-8-10(19)4-7-13(12)27-15/h2-8H,1H3,(H,23,26)(H,21,22,25). The fraction of sp³-hybridized carbons (Fsp3) is 0.0556. The van der Waals surface area contributed by atoms with E-state index in [-0.39, 0.29) is 5.91 Å². The van der Waals surface area contributed by atoms with Gasteiger partial charge in [0.05, 0.1) is 10.7 Å². The van der Waals surface area contributed by atoms with Gasteiger partial charge in [0.25, 0.3) is 5.91 Å². The molecule has 0 bridgehead atoms. The Morgan fingerprint density at radius 1 is 1.22 bits per heavy atom. The largest absolute Gasteiger partial charge is 0.289 e. The lowest BCUT2D eigenvalue weighted by molar-refractivity contribution is 0.102. The number of aromatic nitrogens is 3. The molecule has 0 saturated heterocycles. The Hall–Kier alpha value is -2.19. The molecule has 0 aliphatic rings. The molecule has 9 heteroatoms. The molecule has 136 valence electrons. The van der Waals surface area contributed by atoms with E-state index in [0.717, 1.165) is 21.3 Å². The van der Waals surface area contributed by atoms with Crippen LogP contribution < -0.4 is 5.32 Å². The van der Waals surface area contributed by atoms with Crippen LogP contribution in [0.2, 0.25) is 10.0 Å². The first-order valence-corrected chi connectivity index (χ1v) is 9.85. The van der Waals surface area contributed by atoms with Gasteiger partial charge in [-0.3, -0.25) is 14.7 Å². The van der Waals surface area contributed by atoms with E-state index < -0.39 is 0 Å². The molecular weight excluding hydrogens is 423 g/mol. The van der Waals surface area contributed by atoms with E-state index in [0.29, 0.717) is 25.6 Å². The van der Waals surface area contributed by atoms with E-state index in [2.05, 4.69) is 15.5 Å². The molecule has 27 heavy (non-hydrogen) atoms. The lowest BCUT2D eigenvalue weighted by Crippen LogP contribution is -2.14. The van der Waals surface area contributed by atoms with Crippen molar-refractivity contribution in [3.63, 3.8) is 0 Å². The number of aromatic amines is 1. The Bertz CT molecular complexity index is 1220. The second-order valence-corrected chi connectivity index (χ2v) is 8.12. The third kappa shape index (κ3) is 3.39. The zero-order chi connectivity index (χ0) is 19.1. The number of thiophene rings is 1. The summed E-state index contributed by atoms with van der Waals surface area (Å²) in [5.41, 5.74) is 1.92. The summed E-state index contributed by atoms with van der Waals surface area (Å²) >= 11 is 19.0. The highest BCUT2D eigenvalue weighted by Crippen LogP contribution is 2.37. The van der Waals surface area contributed by atoms with E-state index >= 15 is 0 Å². The van der Waals surface area contributed by atoms with Crippen LogP contribution >= 0.6 is 46.8 Å². The van der Waals surface area contributed by atoms with Gasteiger partial charge in [-0.25, -0.2) is 5.10 Å². The second-order valence-electron chi connectivity index (χ2n) is 5.86. The van der Waals surface area contributed by atoms with E-state index in [1.807, 2.05) is 37.3 Å². The van der Waals surface area contributed by atoms with E-state index in [9.17, 15) is 4.79 Å². The number of H-pyrrole nitrogens is 1. The summed E-state index contributed by atoms with van der Waals surface area (Å²) in [6.45, 7) is 2.00. The fourth-order valence-electron chi connectivity index (χ4n) is 2.66. The quantitative estimate of drug-likeness (QED) is 0.387. The highest BCUT2D eigenvalue weighted by Gasteiger charge is 2.20. The predicted octanol–water partition coefficient (Wildman–Crippen LogP) is 6.01. The molecule has 5 nitrogen and oxygen atoms in total. The number of fused-ring (bicyclic) bond motifs is 1. The smallest absolute Gasteiger partial charge is 0.269 e. The first-order chi connectivity index (χ1) is 12.9. The molecule has 0 unspecified atom stereocenters. The minimum Gasteiger partial charge on any atom is -0.289 e. The maximum absolute atomic E-state index is 12.8. The van der Waals surface area contributed by atoms with Crippen molar-refractivity contribution in [3.8, 4) is 5.69 Å². The van der Waals surface area contributed by atoms with Crippen LogP contribution in [0.25, 0.3) is 15.8 Å². The molecule has 0 spiro atoms. The van der Waals surface area contributed by atoms with Crippen LogP contribution in [0.4, 0.5) is 5.95 Å². The summed E-state index contributed by atoms with van der Waals surface area (Å²) in [5.74, 6) is -0.0694. The monoisotopic (exact) mass is 434 g/mol. The predicted molar refractivity (Wildman–Crippen MR) is 113 cm³/mol. The van der Waals surface area contributed by atoms with Gasteiger partial charge < -0.3 is 0 Å². The first-order valence-electron chi connectivity index (χ1n) is 7.87. The van der Waals surface area contributed by atoms with Crippen LogP contribution in [0.5, 0.6) is 0 Å². The minimum absolute atomic E-state index is 0.292. The highest BCUT2D eigenvalue weighted by molar-refractivity contribution is 7.71. The Kier molecular flexibility index (Phi) is 4.77. The Morgan fingerprint density at radius 2 is 1.96 bits per heavy atom. The summed E-state index contributed by atoms with van der Waals surface area (Å²) in [5, 5.41) is 11.3. The number of amides is 1. The molecule has 2 aromatic heterocycles. The molecule has 4 aromatic rings. The lowest BCUT2D eigenvalue weighted by atomic mass is 10.2. The summed E-state index contributed by atoms with van der Waals surface area (Å²) < 4.78 is 2.92. The molecule has 0 saturated carbocycles. The van der Waals surface area contributed by atoms with Crippen molar-refractivity contribution in [2.75, 3.05) is 5.32 Å². The number of carbonyl (C=O) groups excluding carboxylic acids is 1. The molecule has 0 atom stereocenters. The number of rotatable bonds is 3. The molecule has 2 N–H and O–H groups in total. The zero-order valence-corrected chi connectivity index (χ0v) is 17.1. The third-order valence-electron chi connectivity index (χ3n) is 3.99. The summed E-state index contributed by atoms with van der Waals surface area (Å²) in [4.78, 5) is 13.2. The van der Waals surface area contributed by atoms with Gasteiger partial charge in [0.2, 0.25) is 10.7 Å². The molecular formula is C18H12Cl2N4OS2. The fourth-order valence-corrected chi connectivity index (χ4v) is 4.45. The minimum atomic E-state index is -0.361. The van der Waals surface area contributed by atoms with Crippen LogP contribution in [0.3, 0.4) is 0 Å². The second kappa shape index (κ2) is 7.09. The van der Waals surface area contributed by atoms with Gasteiger partial charge in [0, 0.05) is 15.1 Å². The highest BCUT2D eigenvalue weighted by atomic mass is 35.5. The number of nitrogens with zero attached hydrogens (tertiary/aromatic N) is 2. The van der Waals surface area contributed by atoms with Gasteiger partial charge in [-0.05, 0) is 49.5 Å². The molecule has 2 heterocycles. The number of hydrogen-bond donors (Lipinski definition) is 2. The normalized spacial score (nSPS) is 11.1. The number of halogens is 2. The Morgan fingerprint density at radius 3 is 2.70 bits per heavy atom. The van der Waals surface area contributed by atoms with Crippen molar-refractivity contribution in [1.29, 1.82) is 0 Å². The van der Waals surface area contributed by atoms with Crippen molar-refractivity contribution >= 4 is 68.7 Å². The van der Waals surface area contributed by atoms with E-state index in [1.54, 1.807) is 16.7 Å². The van der Waals surface area contributed by atoms with Gasteiger partial charge in [0.1, 0.15) is 4.88 Å². The van der Waals surface area contributed by atoms with Gasteiger partial charge in [-0.2, -0.15) is 0 Å². The van der Waals surface area contributed by atoms with Gasteiger partial charge in [0.15, 0.2) is 0 Å². The summed E-state index contributed by atoms with van der Waals surface area (Å²) in [7, 11) is 0. The number of aryl methyl sites for hydroxylation is 1. The van der Waals surface area contributed by atoms with Gasteiger partial charge in [-0.15, -0.1) is 16.4 Å². The topological polar surface area (TPSA) is 62.7 Å². The summed E-state index contributed by atoms with van der Waals surface area (Å²) in [6.07, 6.45) is 0. The molecule has 1 amide bonds. The number of hydrogen-bond acceptors (Lipinski definition) is 4. The SMILES string of the molecule is Cc1ccc(-n2c(NC(=O)c3sc4ccc(Cl)cc4c3Cl)n[nH]c2=S)cc1. The average Bonchev–Trinajstić information content (AvgIpc) is 3.16. The lowest BCUT2D eigenvalue weighted by Gasteiger charge is -2.08. The Labute approximate surface area is 173 Å². The van der Waals surface area contributed by atoms with Gasteiger partial charge >= 0.3 is 0 Å². The molecule has 2 aromatic carbocycles. The van der Waals surface area contributed by atoms with Crippen molar-refractivity contribution in [2.45, 2.75) is 6.92 Å². The number of benzene rings is 2. The van der Waals surface area contributed by atoms with Crippen molar-refractivity contribution < 1.29 is 4.79 Å². The van der Waals surface area contributed by atoms with Crippen LogP contribution in [0, 0.1) is 11.7 Å². The molecule has 0 fully saturated rings. The molecule has 0 aliphatic carbocycles. The maximum Gasteiger partial charge on any atom is 0.269 e. The van der Waals surface area contributed by atoms with Crippen LogP contribution in [-0.2, 0) is 0 Å². The number of anilines is 1. The zero-order valence-electron chi connectivity index (χ0n) is 13.9. The first kappa shape index (κ1) is 18.2. The van der Waals surface area contributed by atoms with Crippen molar-refractivity contribution in [2.24, 2.45) is 0 Å². The molecule has 4 rings (SSSR count). The molecule has 0 aliphatic heterocycles. The maximum atomic E-state index is 12.8. The molecule has 0 radical (unpaired) electrons. The van der Waals surface area contributed by atoms with E-state index in [4.69, 9.17) is 35.4 Å². The van der Waals surface area contributed by atoms with Crippen LogP contribution in [0.1, 0.15) is 15.2 Å². The summed E-state index contributed by atoms with van der Waals surface area (Å²) in [6, 6.07) is 13.1. The van der Waals surface area contributed by atoms with Gasteiger partial charge in [-0.1, -0.05) is 40.9 Å². The van der Waals surface area contributed by atoms with Crippen LogP contribution in [-0.4, -0.2) is 20.7 Å². The third-order valence-corrected chi connectivity index (χ3v) is 6.17. The number of carbonyl (C=O) groups is 1. The van der Waals surface area contributed by atoms with Crippen LogP contribution in [0.15, 0.2) is 42.5 Å². The average molecular weight is 435 g/mol.